The van der Waals surface area contributed by atoms with Gasteiger partial charge in [0.25, 0.3) is 0 Å². The summed E-state index contributed by atoms with van der Waals surface area (Å²) in [4.78, 5) is 17.7. The second-order valence-corrected chi connectivity index (χ2v) is 5.44. The van der Waals surface area contributed by atoms with Crippen molar-refractivity contribution in [3.8, 4) is 0 Å². The van der Waals surface area contributed by atoms with Gasteiger partial charge < -0.3 is 14.4 Å². The number of imidazole rings is 1. The van der Waals surface area contributed by atoms with Gasteiger partial charge >= 0.3 is 0 Å². The Morgan fingerprint density at radius 1 is 1.14 bits per heavy atom. The Morgan fingerprint density at radius 2 is 1.86 bits per heavy atom. The lowest BCUT2D eigenvalue weighted by atomic mass is 10.2. The molecule has 6 nitrogen and oxygen atoms in total. The predicted molar refractivity (Wildman–Crippen MR) is 85.8 cm³/mol. The van der Waals surface area contributed by atoms with Crippen LogP contribution < -0.4 is 9.80 Å². The summed E-state index contributed by atoms with van der Waals surface area (Å²) in [5.74, 6) is 2.73. The quantitative estimate of drug-likeness (QED) is 0.842. The van der Waals surface area contributed by atoms with E-state index in [0.717, 1.165) is 41.9 Å². The number of rotatable bonds is 5. The lowest BCUT2D eigenvalue weighted by Crippen LogP contribution is -2.24. The Kier molecular flexibility index (Phi) is 4.45. The molecule has 0 aliphatic rings. The second kappa shape index (κ2) is 6.11. The molecular weight excluding hydrogens is 264 g/mol. The molecule has 0 spiro atoms. The summed E-state index contributed by atoms with van der Waals surface area (Å²) >= 11 is 0. The minimum absolute atomic E-state index is 0.727. The molecule has 0 atom stereocenters. The molecule has 0 unspecified atom stereocenters. The lowest BCUT2D eigenvalue weighted by molar-refractivity contribution is 0.681. The van der Waals surface area contributed by atoms with Crippen LogP contribution in [0.2, 0.25) is 0 Å². The predicted octanol–water partition coefficient (Wildman–Crippen LogP) is 2.01. The van der Waals surface area contributed by atoms with Crippen molar-refractivity contribution in [1.82, 2.24) is 19.5 Å². The molecule has 2 rings (SSSR count). The Morgan fingerprint density at radius 3 is 2.48 bits per heavy atom. The highest BCUT2D eigenvalue weighted by Crippen LogP contribution is 2.22. The molecule has 2 heterocycles. The average molecular weight is 288 g/mol. The fourth-order valence-electron chi connectivity index (χ4n) is 2.24. The van der Waals surface area contributed by atoms with Crippen molar-refractivity contribution in [2.75, 3.05) is 30.9 Å². The zero-order valence-electron chi connectivity index (χ0n) is 13.8. The first-order chi connectivity index (χ1) is 9.93. The van der Waals surface area contributed by atoms with Gasteiger partial charge in [0, 0.05) is 51.3 Å². The van der Waals surface area contributed by atoms with E-state index in [1.54, 1.807) is 0 Å². The van der Waals surface area contributed by atoms with E-state index >= 15 is 0 Å². The van der Waals surface area contributed by atoms with Crippen LogP contribution in [0.25, 0.3) is 0 Å². The van der Waals surface area contributed by atoms with Gasteiger partial charge in [0.15, 0.2) is 0 Å². The summed E-state index contributed by atoms with van der Waals surface area (Å²) in [5.41, 5.74) is 2.12. The molecule has 0 fully saturated rings. The van der Waals surface area contributed by atoms with Crippen LogP contribution >= 0.6 is 0 Å². The van der Waals surface area contributed by atoms with Gasteiger partial charge in [-0.1, -0.05) is 0 Å². The zero-order chi connectivity index (χ0) is 15.6. The first-order valence-electron chi connectivity index (χ1n) is 7.17. The molecule has 0 radical (unpaired) electrons. The normalized spacial score (nSPS) is 10.8. The molecule has 2 aromatic heterocycles. The number of aryl methyl sites for hydroxylation is 2. The molecule has 0 aliphatic heterocycles. The number of hydrogen-bond donors (Lipinski definition) is 0. The third kappa shape index (κ3) is 3.15. The van der Waals surface area contributed by atoms with E-state index < -0.39 is 0 Å². The molecular formula is C15H24N6. The first kappa shape index (κ1) is 15.3. The summed E-state index contributed by atoms with van der Waals surface area (Å²) in [7, 11) is 5.96. The Bertz CT molecular complexity index is 617. The molecule has 0 saturated heterocycles. The van der Waals surface area contributed by atoms with E-state index in [4.69, 9.17) is 0 Å². The first-order valence-corrected chi connectivity index (χ1v) is 7.17. The highest BCUT2D eigenvalue weighted by atomic mass is 15.3. The smallest absolute Gasteiger partial charge is 0.227 e. The number of anilines is 2. The lowest BCUT2D eigenvalue weighted by Gasteiger charge is -2.23. The minimum Gasteiger partial charge on any atom is -0.352 e. The van der Waals surface area contributed by atoms with Gasteiger partial charge in [-0.25, -0.2) is 9.97 Å². The van der Waals surface area contributed by atoms with Gasteiger partial charge in [-0.05, 0) is 20.8 Å². The molecule has 21 heavy (non-hydrogen) atoms. The van der Waals surface area contributed by atoms with Gasteiger partial charge in [0.2, 0.25) is 5.95 Å². The Labute approximate surface area is 126 Å². The van der Waals surface area contributed by atoms with Crippen LogP contribution in [0.3, 0.4) is 0 Å². The van der Waals surface area contributed by atoms with Gasteiger partial charge in [-0.2, -0.15) is 4.98 Å². The maximum atomic E-state index is 4.67. The van der Waals surface area contributed by atoms with Crippen molar-refractivity contribution in [3.63, 3.8) is 0 Å². The third-order valence-electron chi connectivity index (χ3n) is 3.63. The summed E-state index contributed by atoms with van der Waals surface area (Å²) in [6, 6.07) is 0. The minimum atomic E-state index is 0.727. The van der Waals surface area contributed by atoms with Crippen molar-refractivity contribution in [3.05, 3.63) is 29.5 Å². The maximum Gasteiger partial charge on any atom is 0.227 e. The molecule has 2 aromatic rings. The van der Waals surface area contributed by atoms with E-state index in [2.05, 4.69) is 38.3 Å². The van der Waals surface area contributed by atoms with Crippen LogP contribution in [0, 0.1) is 13.8 Å². The zero-order valence-corrected chi connectivity index (χ0v) is 13.8. The second-order valence-electron chi connectivity index (χ2n) is 5.44. The summed E-state index contributed by atoms with van der Waals surface area (Å²) in [6.45, 7) is 7.86. The van der Waals surface area contributed by atoms with Gasteiger partial charge in [0.05, 0.1) is 6.54 Å². The molecule has 0 amide bonds. The average Bonchev–Trinajstić information content (AvgIpc) is 2.88. The Balaban J connectivity index is 2.32. The molecule has 6 heteroatoms. The highest BCUT2D eigenvalue weighted by Gasteiger charge is 2.15. The van der Waals surface area contributed by atoms with Crippen LogP contribution in [0.15, 0.2) is 12.4 Å². The van der Waals surface area contributed by atoms with Crippen molar-refractivity contribution in [2.45, 2.75) is 33.9 Å². The summed E-state index contributed by atoms with van der Waals surface area (Å²) in [6.07, 6.45) is 3.85. The van der Waals surface area contributed by atoms with Crippen LogP contribution in [0.5, 0.6) is 0 Å². The van der Waals surface area contributed by atoms with Crippen molar-refractivity contribution in [1.29, 1.82) is 0 Å². The van der Waals surface area contributed by atoms with E-state index in [1.807, 2.05) is 45.4 Å². The van der Waals surface area contributed by atoms with Crippen molar-refractivity contribution >= 4 is 11.8 Å². The summed E-state index contributed by atoms with van der Waals surface area (Å²) in [5, 5.41) is 0. The monoisotopic (exact) mass is 288 g/mol. The van der Waals surface area contributed by atoms with E-state index in [0.29, 0.717) is 0 Å². The van der Waals surface area contributed by atoms with Crippen LogP contribution in [-0.2, 0) is 13.1 Å². The molecule has 0 N–H and O–H groups in total. The van der Waals surface area contributed by atoms with Crippen LogP contribution in [0.4, 0.5) is 11.8 Å². The number of aromatic nitrogens is 4. The van der Waals surface area contributed by atoms with Crippen molar-refractivity contribution in [2.24, 2.45) is 0 Å². The fourth-order valence-corrected chi connectivity index (χ4v) is 2.24. The standard InChI is InChI=1S/C15H24N6/c1-7-21-9-8-16-13(21)10-20(6)14-11(2)12(3)17-15(18-14)19(4)5/h8-9H,7,10H2,1-6H3. The molecule has 0 aliphatic carbocycles. The van der Waals surface area contributed by atoms with E-state index in [1.165, 1.54) is 0 Å². The van der Waals surface area contributed by atoms with E-state index in [-0.39, 0.29) is 0 Å². The van der Waals surface area contributed by atoms with Gasteiger partial charge in [-0.3, -0.25) is 0 Å². The largest absolute Gasteiger partial charge is 0.352 e. The topological polar surface area (TPSA) is 50.1 Å². The molecule has 0 aromatic carbocycles. The summed E-state index contributed by atoms with van der Waals surface area (Å²) < 4.78 is 2.15. The maximum absolute atomic E-state index is 4.67. The van der Waals surface area contributed by atoms with Crippen molar-refractivity contribution < 1.29 is 0 Å². The SMILES string of the molecule is CCn1ccnc1CN(C)c1nc(N(C)C)nc(C)c1C. The number of nitrogens with zero attached hydrogens (tertiary/aromatic N) is 6. The molecule has 0 bridgehead atoms. The van der Waals surface area contributed by atoms with Crippen LogP contribution in [0.1, 0.15) is 24.0 Å². The third-order valence-corrected chi connectivity index (χ3v) is 3.63. The van der Waals surface area contributed by atoms with Gasteiger partial charge in [0.1, 0.15) is 11.6 Å². The fraction of sp³-hybridized carbons (Fsp3) is 0.533. The number of hydrogen-bond acceptors (Lipinski definition) is 5. The molecule has 114 valence electrons. The Hall–Kier alpha value is -2.11. The van der Waals surface area contributed by atoms with E-state index in [9.17, 15) is 0 Å². The van der Waals surface area contributed by atoms with Gasteiger partial charge in [-0.15, -0.1) is 0 Å². The highest BCUT2D eigenvalue weighted by molar-refractivity contribution is 5.51. The van der Waals surface area contributed by atoms with Crippen LogP contribution in [-0.4, -0.2) is 40.7 Å². The molecule has 0 saturated carbocycles.